The van der Waals surface area contributed by atoms with Gasteiger partial charge in [-0.3, -0.25) is 0 Å². The van der Waals surface area contributed by atoms with Gasteiger partial charge in [0.1, 0.15) is 0 Å². The van der Waals surface area contributed by atoms with E-state index in [9.17, 15) is 4.79 Å². The highest BCUT2D eigenvalue weighted by molar-refractivity contribution is 5.97. The lowest BCUT2D eigenvalue weighted by molar-refractivity contribution is 0.0602. The van der Waals surface area contributed by atoms with Gasteiger partial charge in [-0.05, 0) is 31.5 Å². The third kappa shape index (κ3) is 2.27. The van der Waals surface area contributed by atoms with Gasteiger partial charge in [0.25, 0.3) is 0 Å². The number of nitrogens with zero attached hydrogens (tertiary/aromatic N) is 1. The van der Waals surface area contributed by atoms with Crippen LogP contribution in [0, 0.1) is 6.92 Å². The number of hydrogen-bond donors (Lipinski definition) is 1. The first kappa shape index (κ1) is 12.4. The molecule has 0 amide bonds. The quantitative estimate of drug-likeness (QED) is 0.626. The molecule has 0 aliphatic carbocycles. The second-order valence-electron chi connectivity index (χ2n) is 3.73. The summed E-state index contributed by atoms with van der Waals surface area (Å²) in [6.07, 6.45) is 0. The summed E-state index contributed by atoms with van der Waals surface area (Å²) in [5, 5.41) is 0. The smallest absolute Gasteiger partial charge is 0.340 e. The zero-order valence-electron chi connectivity index (χ0n) is 10.2. The molecule has 0 unspecified atom stereocenters. The van der Waals surface area contributed by atoms with Crippen molar-refractivity contribution >= 4 is 17.3 Å². The van der Waals surface area contributed by atoms with E-state index in [4.69, 9.17) is 10.5 Å². The van der Waals surface area contributed by atoms with E-state index in [1.54, 1.807) is 6.07 Å². The molecule has 0 bridgehead atoms. The lowest BCUT2D eigenvalue weighted by Crippen LogP contribution is -2.17. The normalized spacial score (nSPS) is 10.0. The monoisotopic (exact) mass is 222 g/mol. The van der Waals surface area contributed by atoms with Crippen molar-refractivity contribution in [1.29, 1.82) is 0 Å². The fourth-order valence-electron chi connectivity index (χ4n) is 1.46. The molecule has 0 aromatic heterocycles. The number of carbonyl (C=O) groups excluding carboxylic acids is 1. The van der Waals surface area contributed by atoms with Gasteiger partial charge in [-0.1, -0.05) is 0 Å². The lowest BCUT2D eigenvalue weighted by atomic mass is 10.1. The highest BCUT2D eigenvalue weighted by Gasteiger charge is 2.14. The Kier molecular flexibility index (Phi) is 3.77. The summed E-state index contributed by atoms with van der Waals surface area (Å²) < 4.78 is 4.70. The molecule has 0 radical (unpaired) electrons. The van der Waals surface area contributed by atoms with Crippen LogP contribution in [0.3, 0.4) is 0 Å². The molecule has 0 aliphatic rings. The Morgan fingerprint density at radius 3 is 2.62 bits per heavy atom. The topological polar surface area (TPSA) is 55.6 Å². The van der Waals surface area contributed by atoms with Gasteiger partial charge in [0.2, 0.25) is 0 Å². The van der Waals surface area contributed by atoms with E-state index in [-0.39, 0.29) is 0 Å². The summed E-state index contributed by atoms with van der Waals surface area (Å²) in [4.78, 5) is 13.6. The van der Waals surface area contributed by atoms with Crippen LogP contribution < -0.4 is 10.6 Å². The maximum Gasteiger partial charge on any atom is 0.340 e. The van der Waals surface area contributed by atoms with Crippen LogP contribution in [-0.2, 0) is 4.74 Å². The van der Waals surface area contributed by atoms with Crippen molar-refractivity contribution < 1.29 is 9.53 Å². The number of nitrogens with two attached hydrogens (primary N) is 1. The first-order chi connectivity index (χ1) is 7.51. The van der Waals surface area contributed by atoms with E-state index in [2.05, 4.69) is 0 Å². The SMILES string of the molecule is CCN(C)c1cc(C)c(N)c(C(=O)OC)c1. The second-order valence-corrected chi connectivity index (χ2v) is 3.73. The molecule has 0 heterocycles. The molecule has 1 aromatic carbocycles. The molecule has 1 aromatic rings. The average molecular weight is 222 g/mol. The van der Waals surface area contributed by atoms with Crippen molar-refractivity contribution in [3.63, 3.8) is 0 Å². The molecular weight excluding hydrogens is 204 g/mol. The fourth-order valence-corrected chi connectivity index (χ4v) is 1.46. The largest absolute Gasteiger partial charge is 0.465 e. The van der Waals surface area contributed by atoms with Crippen LogP contribution in [-0.4, -0.2) is 26.7 Å². The van der Waals surface area contributed by atoms with Crippen LogP contribution in [0.4, 0.5) is 11.4 Å². The zero-order chi connectivity index (χ0) is 12.3. The van der Waals surface area contributed by atoms with Gasteiger partial charge in [0.15, 0.2) is 0 Å². The number of benzene rings is 1. The molecule has 0 atom stereocenters. The number of aryl methyl sites for hydroxylation is 1. The lowest BCUT2D eigenvalue weighted by Gasteiger charge is -2.19. The van der Waals surface area contributed by atoms with E-state index < -0.39 is 5.97 Å². The summed E-state index contributed by atoms with van der Waals surface area (Å²) in [7, 11) is 3.32. The van der Waals surface area contributed by atoms with E-state index in [0.717, 1.165) is 17.8 Å². The van der Waals surface area contributed by atoms with Crippen LogP contribution >= 0.6 is 0 Å². The van der Waals surface area contributed by atoms with E-state index in [0.29, 0.717) is 11.3 Å². The number of rotatable bonds is 3. The Morgan fingerprint density at radius 2 is 2.12 bits per heavy atom. The molecule has 0 fully saturated rings. The molecule has 4 nitrogen and oxygen atoms in total. The van der Waals surface area contributed by atoms with Crippen LogP contribution in [0.2, 0.25) is 0 Å². The highest BCUT2D eigenvalue weighted by Crippen LogP contribution is 2.25. The van der Waals surface area contributed by atoms with Crippen molar-refractivity contribution in [2.24, 2.45) is 0 Å². The van der Waals surface area contributed by atoms with Gasteiger partial charge >= 0.3 is 5.97 Å². The molecule has 16 heavy (non-hydrogen) atoms. The van der Waals surface area contributed by atoms with Gasteiger partial charge < -0.3 is 15.4 Å². The molecule has 0 saturated carbocycles. The first-order valence-electron chi connectivity index (χ1n) is 5.20. The average Bonchev–Trinajstić information content (AvgIpc) is 2.30. The summed E-state index contributed by atoms with van der Waals surface area (Å²) in [5.74, 6) is -0.396. The fraction of sp³-hybridized carbons (Fsp3) is 0.417. The highest BCUT2D eigenvalue weighted by atomic mass is 16.5. The van der Waals surface area contributed by atoms with Gasteiger partial charge in [0.05, 0.1) is 12.7 Å². The van der Waals surface area contributed by atoms with Crippen LogP contribution in [0.15, 0.2) is 12.1 Å². The van der Waals surface area contributed by atoms with Gasteiger partial charge in [-0.25, -0.2) is 4.79 Å². The van der Waals surface area contributed by atoms with Gasteiger partial charge in [-0.15, -0.1) is 0 Å². The third-order valence-electron chi connectivity index (χ3n) is 2.69. The minimum atomic E-state index is -0.396. The molecule has 2 N–H and O–H groups in total. The van der Waals surface area contributed by atoms with Crippen molar-refractivity contribution in [3.05, 3.63) is 23.3 Å². The first-order valence-corrected chi connectivity index (χ1v) is 5.20. The Hall–Kier alpha value is -1.71. The Balaban J connectivity index is 3.27. The van der Waals surface area contributed by atoms with Gasteiger partial charge in [-0.2, -0.15) is 0 Å². The Labute approximate surface area is 96.0 Å². The summed E-state index contributed by atoms with van der Waals surface area (Å²) in [5.41, 5.74) is 8.62. The van der Waals surface area contributed by atoms with E-state index >= 15 is 0 Å². The molecule has 1 rings (SSSR count). The molecule has 0 aliphatic heterocycles. The predicted octanol–water partition coefficient (Wildman–Crippen LogP) is 1.82. The second kappa shape index (κ2) is 4.88. The molecule has 0 spiro atoms. The van der Waals surface area contributed by atoms with Gasteiger partial charge in [0, 0.05) is 25.0 Å². The standard InChI is InChI=1S/C12H18N2O2/c1-5-14(3)9-6-8(2)11(13)10(7-9)12(15)16-4/h6-7H,5,13H2,1-4H3. The number of nitrogen functional groups attached to an aromatic ring is 1. The molecule has 4 heteroatoms. The van der Waals surface area contributed by atoms with E-state index in [1.165, 1.54) is 7.11 Å². The Morgan fingerprint density at radius 1 is 1.50 bits per heavy atom. The van der Waals surface area contributed by atoms with Crippen LogP contribution in [0.25, 0.3) is 0 Å². The number of methoxy groups -OCH3 is 1. The summed E-state index contributed by atoms with van der Waals surface area (Å²) in [6.45, 7) is 4.79. The number of carbonyl (C=O) groups is 1. The zero-order valence-corrected chi connectivity index (χ0v) is 10.2. The van der Waals surface area contributed by atoms with Crippen molar-refractivity contribution in [2.75, 3.05) is 31.3 Å². The maximum atomic E-state index is 11.5. The molecule has 88 valence electrons. The summed E-state index contributed by atoms with van der Waals surface area (Å²) in [6, 6.07) is 3.73. The number of anilines is 2. The minimum absolute atomic E-state index is 0.396. The number of ether oxygens (including phenoxy) is 1. The molecule has 0 saturated heterocycles. The van der Waals surface area contributed by atoms with Crippen LogP contribution in [0.1, 0.15) is 22.8 Å². The van der Waals surface area contributed by atoms with Crippen molar-refractivity contribution in [1.82, 2.24) is 0 Å². The van der Waals surface area contributed by atoms with Crippen LogP contribution in [0.5, 0.6) is 0 Å². The third-order valence-corrected chi connectivity index (χ3v) is 2.69. The Bertz CT molecular complexity index is 402. The maximum absolute atomic E-state index is 11.5. The number of esters is 1. The number of hydrogen-bond acceptors (Lipinski definition) is 4. The summed E-state index contributed by atoms with van der Waals surface area (Å²) >= 11 is 0. The minimum Gasteiger partial charge on any atom is -0.465 e. The van der Waals surface area contributed by atoms with Crippen molar-refractivity contribution in [2.45, 2.75) is 13.8 Å². The van der Waals surface area contributed by atoms with E-state index in [1.807, 2.05) is 31.9 Å². The molecular formula is C12H18N2O2. The van der Waals surface area contributed by atoms with Crippen molar-refractivity contribution in [3.8, 4) is 0 Å². The predicted molar refractivity (Wildman–Crippen MR) is 65.9 cm³/mol.